The van der Waals surface area contributed by atoms with Crippen LogP contribution in [0.2, 0.25) is 0 Å². The van der Waals surface area contributed by atoms with Crippen LogP contribution < -0.4 is 10.6 Å². The minimum Gasteiger partial charge on any atom is -0.357 e. The van der Waals surface area contributed by atoms with Crippen molar-refractivity contribution in [2.24, 2.45) is 5.92 Å². The van der Waals surface area contributed by atoms with Crippen LogP contribution in [0.15, 0.2) is 30.3 Å². The van der Waals surface area contributed by atoms with Crippen LogP contribution in [0.3, 0.4) is 0 Å². The molecule has 1 saturated carbocycles. The highest BCUT2D eigenvalue weighted by molar-refractivity contribution is 7.80. The Kier molecular flexibility index (Phi) is 4.23. The molecule has 0 saturated heterocycles. The first-order valence-electron chi connectivity index (χ1n) is 6.77. The molecule has 1 aromatic rings. The van der Waals surface area contributed by atoms with Gasteiger partial charge in [0.2, 0.25) is 0 Å². The third-order valence-corrected chi connectivity index (χ3v) is 4.20. The van der Waals surface area contributed by atoms with Gasteiger partial charge in [-0.3, -0.25) is 0 Å². The molecule has 1 aliphatic carbocycles. The molecule has 1 aliphatic rings. The Morgan fingerprint density at radius 2 is 1.78 bits per heavy atom. The van der Waals surface area contributed by atoms with E-state index < -0.39 is 0 Å². The zero-order valence-corrected chi connectivity index (χ0v) is 12.0. The lowest BCUT2D eigenvalue weighted by atomic mass is 9.85. The number of hydrogen-bond donors (Lipinski definition) is 2. The van der Waals surface area contributed by atoms with Crippen LogP contribution in [0, 0.1) is 5.92 Å². The molecule has 0 unspecified atom stereocenters. The summed E-state index contributed by atoms with van der Waals surface area (Å²) in [5, 5.41) is 7.58. The van der Waals surface area contributed by atoms with Gasteiger partial charge in [0.1, 0.15) is 0 Å². The van der Waals surface area contributed by atoms with Crippen molar-refractivity contribution < 1.29 is 0 Å². The van der Waals surface area contributed by atoms with Crippen molar-refractivity contribution in [1.82, 2.24) is 5.32 Å². The molecule has 0 aromatic heterocycles. The number of nitrogens with one attached hydrogen (secondary N) is 2. The van der Waals surface area contributed by atoms with E-state index in [1.165, 1.54) is 25.7 Å². The maximum Gasteiger partial charge on any atom is 0.171 e. The van der Waals surface area contributed by atoms with Crippen LogP contribution >= 0.6 is 12.2 Å². The summed E-state index contributed by atoms with van der Waals surface area (Å²) >= 11 is 5.44. The average molecular weight is 262 g/mol. The first kappa shape index (κ1) is 13.3. The number of anilines is 1. The Morgan fingerprint density at radius 3 is 2.33 bits per heavy atom. The van der Waals surface area contributed by atoms with Gasteiger partial charge in [-0.25, -0.2) is 0 Å². The van der Waals surface area contributed by atoms with E-state index in [-0.39, 0.29) is 5.54 Å². The van der Waals surface area contributed by atoms with Gasteiger partial charge in [0.05, 0.1) is 0 Å². The predicted molar refractivity (Wildman–Crippen MR) is 81.8 cm³/mol. The van der Waals surface area contributed by atoms with Crippen LogP contribution in [-0.2, 0) is 0 Å². The highest BCUT2D eigenvalue weighted by atomic mass is 32.1. The fourth-order valence-electron chi connectivity index (χ4n) is 2.76. The number of rotatable bonds is 3. The molecule has 3 heteroatoms. The number of hydrogen-bond acceptors (Lipinski definition) is 1. The lowest BCUT2D eigenvalue weighted by Crippen LogP contribution is -2.51. The Hall–Kier alpha value is -1.09. The van der Waals surface area contributed by atoms with Crippen molar-refractivity contribution in [2.75, 3.05) is 5.32 Å². The van der Waals surface area contributed by atoms with Crippen molar-refractivity contribution in [2.45, 2.75) is 45.1 Å². The summed E-state index contributed by atoms with van der Waals surface area (Å²) in [7, 11) is 0. The highest BCUT2D eigenvalue weighted by Crippen LogP contribution is 2.35. The van der Waals surface area contributed by atoms with Gasteiger partial charge in [0, 0.05) is 11.2 Å². The standard InChI is InChI=1S/C15H22N2S/c1-12(2)15(10-6-7-11-15)17-14(18)16-13-8-4-3-5-9-13/h3-5,8-9,12H,6-7,10-11H2,1-2H3,(H2,16,17,18). The van der Waals surface area contributed by atoms with E-state index in [0.29, 0.717) is 5.92 Å². The van der Waals surface area contributed by atoms with E-state index in [1.807, 2.05) is 30.3 Å². The molecule has 0 radical (unpaired) electrons. The molecule has 2 rings (SSSR count). The topological polar surface area (TPSA) is 24.1 Å². The Labute approximate surface area is 115 Å². The smallest absolute Gasteiger partial charge is 0.171 e. The normalized spacial score (nSPS) is 17.7. The van der Waals surface area contributed by atoms with Crippen molar-refractivity contribution >= 4 is 23.0 Å². The maximum absolute atomic E-state index is 5.44. The third kappa shape index (κ3) is 3.02. The van der Waals surface area contributed by atoms with Gasteiger partial charge in [-0.05, 0) is 43.1 Å². The molecule has 0 aliphatic heterocycles. The maximum atomic E-state index is 5.44. The molecule has 0 spiro atoms. The molecule has 2 nitrogen and oxygen atoms in total. The molecule has 0 bridgehead atoms. The minimum atomic E-state index is 0.193. The zero-order valence-electron chi connectivity index (χ0n) is 11.2. The highest BCUT2D eigenvalue weighted by Gasteiger charge is 2.37. The molecule has 98 valence electrons. The van der Waals surface area contributed by atoms with Crippen LogP contribution in [0.25, 0.3) is 0 Å². The molecule has 2 N–H and O–H groups in total. The van der Waals surface area contributed by atoms with Gasteiger partial charge in [0.25, 0.3) is 0 Å². The van der Waals surface area contributed by atoms with Crippen molar-refractivity contribution in [3.8, 4) is 0 Å². The lowest BCUT2D eigenvalue weighted by Gasteiger charge is -2.35. The second kappa shape index (κ2) is 5.70. The zero-order chi connectivity index (χ0) is 13.0. The van der Waals surface area contributed by atoms with Gasteiger partial charge in [0.15, 0.2) is 5.11 Å². The summed E-state index contributed by atoms with van der Waals surface area (Å²) in [4.78, 5) is 0. The summed E-state index contributed by atoms with van der Waals surface area (Å²) in [6, 6.07) is 10.1. The second-order valence-electron chi connectivity index (χ2n) is 5.46. The van der Waals surface area contributed by atoms with Gasteiger partial charge >= 0.3 is 0 Å². The molecule has 1 fully saturated rings. The summed E-state index contributed by atoms with van der Waals surface area (Å²) < 4.78 is 0. The van der Waals surface area contributed by atoms with Crippen molar-refractivity contribution in [3.63, 3.8) is 0 Å². The molecule has 0 atom stereocenters. The summed E-state index contributed by atoms with van der Waals surface area (Å²) in [5.74, 6) is 0.607. The fraction of sp³-hybridized carbons (Fsp3) is 0.533. The quantitative estimate of drug-likeness (QED) is 0.807. The van der Waals surface area contributed by atoms with Gasteiger partial charge < -0.3 is 10.6 Å². The third-order valence-electron chi connectivity index (χ3n) is 4.00. The number of para-hydroxylation sites is 1. The first-order chi connectivity index (χ1) is 8.62. The van der Waals surface area contributed by atoms with Crippen LogP contribution in [0.1, 0.15) is 39.5 Å². The van der Waals surface area contributed by atoms with Crippen LogP contribution in [0.5, 0.6) is 0 Å². The molecule has 1 aromatic carbocycles. The summed E-state index contributed by atoms with van der Waals surface area (Å²) in [6.07, 6.45) is 5.06. The Balaban J connectivity index is 1.98. The lowest BCUT2D eigenvalue weighted by molar-refractivity contribution is 0.283. The van der Waals surface area contributed by atoms with Crippen LogP contribution in [-0.4, -0.2) is 10.7 Å². The SMILES string of the molecule is CC(C)C1(NC(=S)Nc2ccccc2)CCCC1. The van der Waals surface area contributed by atoms with E-state index in [4.69, 9.17) is 12.2 Å². The summed E-state index contributed by atoms with van der Waals surface area (Å²) in [6.45, 7) is 4.56. The molecule has 0 heterocycles. The van der Waals surface area contributed by atoms with Gasteiger partial charge in [-0.1, -0.05) is 44.9 Å². The van der Waals surface area contributed by atoms with Crippen molar-refractivity contribution in [1.29, 1.82) is 0 Å². The fourth-order valence-corrected chi connectivity index (χ4v) is 3.08. The molecular weight excluding hydrogens is 240 g/mol. The molecular formula is C15H22N2S. The largest absolute Gasteiger partial charge is 0.357 e. The van der Waals surface area contributed by atoms with E-state index in [2.05, 4.69) is 24.5 Å². The monoisotopic (exact) mass is 262 g/mol. The Morgan fingerprint density at radius 1 is 1.17 bits per heavy atom. The molecule has 18 heavy (non-hydrogen) atoms. The van der Waals surface area contributed by atoms with Gasteiger partial charge in [-0.2, -0.15) is 0 Å². The average Bonchev–Trinajstić information content (AvgIpc) is 2.80. The minimum absolute atomic E-state index is 0.193. The first-order valence-corrected chi connectivity index (χ1v) is 7.17. The van der Waals surface area contributed by atoms with E-state index in [0.717, 1.165) is 10.8 Å². The molecule has 0 amide bonds. The second-order valence-corrected chi connectivity index (χ2v) is 5.87. The number of thiocarbonyl (C=S) groups is 1. The number of benzene rings is 1. The van der Waals surface area contributed by atoms with E-state index in [1.54, 1.807) is 0 Å². The van der Waals surface area contributed by atoms with Crippen LogP contribution in [0.4, 0.5) is 5.69 Å². The van der Waals surface area contributed by atoms with Gasteiger partial charge in [-0.15, -0.1) is 0 Å². The summed E-state index contributed by atoms with van der Waals surface area (Å²) in [5.41, 5.74) is 1.24. The predicted octanol–water partition coefficient (Wildman–Crippen LogP) is 3.94. The van der Waals surface area contributed by atoms with E-state index in [9.17, 15) is 0 Å². The van der Waals surface area contributed by atoms with Crippen molar-refractivity contribution in [3.05, 3.63) is 30.3 Å². The van der Waals surface area contributed by atoms with E-state index >= 15 is 0 Å². The Bertz CT molecular complexity index is 394.